The summed E-state index contributed by atoms with van der Waals surface area (Å²) in [7, 11) is 1.66. The predicted molar refractivity (Wildman–Crippen MR) is 167 cm³/mol. The fourth-order valence-corrected chi connectivity index (χ4v) is 11.0. The van der Waals surface area contributed by atoms with E-state index in [1.54, 1.807) is 7.11 Å². The highest BCUT2D eigenvalue weighted by Crippen LogP contribution is 2.68. The van der Waals surface area contributed by atoms with E-state index in [9.17, 15) is 0 Å². The number of nitrogen functional groups attached to an aromatic ring is 2. The molecule has 0 spiro atoms. The van der Waals surface area contributed by atoms with E-state index in [1.165, 1.54) is 82.6 Å². The molecule has 4 N–H and O–H groups in total. The van der Waals surface area contributed by atoms with Gasteiger partial charge in [0, 0.05) is 0 Å². The molecule has 4 aliphatic carbocycles. The quantitative estimate of drug-likeness (QED) is 0.325. The Morgan fingerprint density at radius 2 is 1.67 bits per heavy atom. The summed E-state index contributed by atoms with van der Waals surface area (Å²) in [5.41, 5.74) is 16.5. The summed E-state index contributed by atoms with van der Waals surface area (Å²) in [6, 6.07) is 4.04. The topological polar surface area (TPSA) is 61.3 Å². The maximum atomic E-state index is 6.45. The number of benzene rings is 1. The Balaban J connectivity index is 1.22. The minimum Gasteiger partial charge on any atom is -0.492 e. The zero-order valence-electron chi connectivity index (χ0n) is 26.5. The predicted octanol–water partition coefficient (Wildman–Crippen LogP) is 9.53. The van der Waals surface area contributed by atoms with Crippen LogP contribution in [0.1, 0.15) is 124 Å². The van der Waals surface area contributed by atoms with Crippen molar-refractivity contribution in [2.45, 2.75) is 125 Å². The zero-order chi connectivity index (χ0) is 28.2. The normalized spacial score (nSPS) is 37.9. The van der Waals surface area contributed by atoms with Gasteiger partial charge in [-0.2, -0.15) is 0 Å². The number of rotatable bonds is 8. The fourth-order valence-electron chi connectivity index (χ4n) is 11.0. The van der Waals surface area contributed by atoms with Gasteiger partial charge in [0.25, 0.3) is 0 Å². The Labute approximate surface area is 240 Å². The molecule has 9 atom stereocenters. The number of anilines is 2. The van der Waals surface area contributed by atoms with Gasteiger partial charge in [-0.25, -0.2) is 0 Å². The SMILES string of the molecule is COc1c(N)ccc(CC(C)C(C)(C)CC[C@@H](C)[C@H]2CC[C@H]3[C@@H]4CCC5CCCC[C@]5(C)[C@H]4CC[C@]23C)c1N. The van der Waals surface area contributed by atoms with Gasteiger partial charge in [0.1, 0.15) is 0 Å². The molecule has 39 heavy (non-hydrogen) atoms. The minimum absolute atomic E-state index is 0.264. The zero-order valence-corrected chi connectivity index (χ0v) is 26.5. The van der Waals surface area contributed by atoms with Gasteiger partial charge in [0.15, 0.2) is 5.75 Å². The third-order valence-electron chi connectivity index (χ3n) is 14.0. The molecule has 2 unspecified atom stereocenters. The van der Waals surface area contributed by atoms with E-state index in [0.29, 0.717) is 33.9 Å². The summed E-state index contributed by atoms with van der Waals surface area (Å²) in [5, 5.41) is 0. The van der Waals surface area contributed by atoms with Crippen LogP contribution in [0.2, 0.25) is 0 Å². The average molecular weight is 537 g/mol. The Bertz CT molecular complexity index is 1020. The molecule has 1 aromatic carbocycles. The maximum absolute atomic E-state index is 6.45. The largest absolute Gasteiger partial charge is 0.492 e. The van der Waals surface area contributed by atoms with Crippen molar-refractivity contribution in [3.63, 3.8) is 0 Å². The Hall–Kier alpha value is -1.38. The van der Waals surface area contributed by atoms with Crippen molar-refractivity contribution in [2.24, 2.45) is 57.7 Å². The molecule has 0 saturated heterocycles. The second-order valence-electron chi connectivity index (χ2n) is 16.0. The van der Waals surface area contributed by atoms with Crippen LogP contribution in [0.25, 0.3) is 0 Å². The van der Waals surface area contributed by atoms with Gasteiger partial charge >= 0.3 is 0 Å². The molecule has 4 fully saturated rings. The van der Waals surface area contributed by atoms with Gasteiger partial charge in [-0.05, 0) is 140 Å². The van der Waals surface area contributed by atoms with E-state index in [1.807, 2.05) is 6.07 Å². The second-order valence-corrected chi connectivity index (χ2v) is 16.0. The van der Waals surface area contributed by atoms with Gasteiger partial charge in [0.05, 0.1) is 18.5 Å². The molecule has 5 rings (SSSR count). The highest BCUT2D eigenvalue weighted by molar-refractivity contribution is 5.70. The standard InChI is InChI=1S/C36H60N2O/c1-23(17-20-34(3,4)24(2)22-25-11-16-31(37)33(39-7)32(25)38)28-14-15-29-27-13-12-26-10-8-9-19-35(26,5)30(27)18-21-36(28,29)6/h11,16,23-24,26-30H,8-10,12-15,17-22,37-38H2,1-7H3/t23-,24?,26?,27+,28-,29+,30+,35+,36-/m1/s1. The Morgan fingerprint density at radius 1 is 0.923 bits per heavy atom. The highest BCUT2D eigenvalue weighted by Gasteiger charge is 2.60. The van der Waals surface area contributed by atoms with Crippen LogP contribution >= 0.6 is 0 Å². The van der Waals surface area contributed by atoms with Crippen LogP contribution in [-0.2, 0) is 6.42 Å². The van der Waals surface area contributed by atoms with Crippen molar-refractivity contribution in [1.29, 1.82) is 0 Å². The maximum Gasteiger partial charge on any atom is 0.164 e. The molecule has 3 nitrogen and oxygen atoms in total. The van der Waals surface area contributed by atoms with E-state index in [0.717, 1.165) is 41.9 Å². The van der Waals surface area contributed by atoms with Crippen molar-refractivity contribution in [3.8, 4) is 5.75 Å². The summed E-state index contributed by atoms with van der Waals surface area (Å²) in [4.78, 5) is 0. The van der Waals surface area contributed by atoms with Gasteiger partial charge < -0.3 is 16.2 Å². The lowest BCUT2D eigenvalue weighted by molar-refractivity contribution is -0.114. The summed E-state index contributed by atoms with van der Waals surface area (Å²) < 4.78 is 5.49. The van der Waals surface area contributed by atoms with Crippen molar-refractivity contribution in [1.82, 2.24) is 0 Å². The van der Waals surface area contributed by atoms with Gasteiger partial charge in [0.2, 0.25) is 0 Å². The summed E-state index contributed by atoms with van der Waals surface area (Å²) in [5.74, 6) is 6.93. The first-order valence-corrected chi connectivity index (χ1v) is 16.6. The molecule has 0 amide bonds. The summed E-state index contributed by atoms with van der Waals surface area (Å²) in [6.07, 6.45) is 18.7. The number of fused-ring (bicyclic) bond motifs is 5. The highest BCUT2D eigenvalue weighted by atomic mass is 16.5. The smallest absolute Gasteiger partial charge is 0.164 e. The molecule has 3 heteroatoms. The first-order valence-electron chi connectivity index (χ1n) is 16.6. The number of methoxy groups -OCH3 is 1. The van der Waals surface area contributed by atoms with Crippen LogP contribution in [0, 0.1) is 57.7 Å². The van der Waals surface area contributed by atoms with Crippen LogP contribution < -0.4 is 16.2 Å². The van der Waals surface area contributed by atoms with Crippen molar-refractivity contribution in [2.75, 3.05) is 18.6 Å². The van der Waals surface area contributed by atoms with Crippen LogP contribution in [0.5, 0.6) is 5.75 Å². The molecule has 0 bridgehead atoms. The number of hydrogen-bond donors (Lipinski definition) is 2. The monoisotopic (exact) mass is 536 g/mol. The van der Waals surface area contributed by atoms with E-state index >= 15 is 0 Å². The molecule has 4 aliphatic rings. The number of nitrogens with two attached hydrogens (primary N) is 2. The second kappa shape index (κ2) is 10.8. The molecule has 1 aromatic rings. The molecular formula is C36H60N2O. The number of ether oxygens (including phenoxy) is 1. The molecule has 0 aromatic heterocycles. The summed E-state index contributed by atoms with van der Waals surface area (Å²) in [6.45, 7) is 15.4. The van der Waals surface area contributed by atoms with Crippen molar-refractivity contribution >= 4 is 11.4 Å². The summed E-state index contributed by atoms with van der Waals surface area (Å²) >= 11 is 0. The molecular weight excluding hydrogens is 476 g/mol. The third kappa shape index (κ3) is 5.01. The Kier molecular flexibility index (Phi) is 8.06. The van der Waals surface area contributed by atoms with Crippen molar-refractivity contribution in [3.05, 3.63) is 17.7 Å². The lowest BCUT2D eigenvalue weighted by Crippen LogP contribution is -2.53. The average Bonchev–Trinajstić information content (AvgIpc) is 3.26. The first-order chi connectivity index (χ1) is 18.4. The molecule has 0 aliphatic heterocycles. The van der Waals surface area contributed by atoms with E-state index in [2.05, 4.69) is 47.6 Å². The van der Waals surface area contributed by atoms with E-state index in [-0.39, 0.29) is 5.41 Å². The van der Waals surface area contributed by atoms with Crippen LogP contribution in [0.4, 0.5) is 11.4 Å². The van der Waals surface area contributed by atoms with Crippen LogP contribution in [0.15, 0.2) is 12.1 Å². The van der Waals surface area contributed by atoms with Crippen molar-refractivity contribution < 1.29 is 4.74 Å². The van der Waals surface area contributed by atoms with Gasteiger partial charge in [-0.3, -0.25) is 0 Å². The van der Waals surface area contributed by atoms with E-state index in [4.69, 9.17) is 16.2 Å². The fraction of sp³-hybridized carbons (Fsp3) is 0.833. The molecule has 0 radical (unpaired) electrons. The lowest BCUT2D eigenvalue weighted by atomic mass is 9.44. The Morgan fingerprint density at radius 3 is 2.41 bits per heavy atom. The first kappa shape index (κ1) is 29.1. The van der Waals surface area contributed by atoms with Crippen LogP contribution in [0.3, 0.4) is 0 Å². The number of hydrogen-bond acceptors (Lipinski definition) is 3. The molecule has 0 heterocycles. The third-order valence-corrected chi connectivity index (χ3v) is 14.0. The molecule has 220 valence electrons. The lowest BCUT2D eigenvalue weighted by Gasteiger charge is -2.61. The van der Waals surface area contributed by atoms with Gasteiger partial charge in [-0.1, -0.05) is 60.5 Å². The molecule has 4 saturated carbocycles. The van der Waals surface area contributed by atoms with E-state index < -0.39 is 0 Å². The van der Waals surface area contributed by atoms with Gasteiger partial charge in [-0.15, -0.1) is 0 Å². The minimum atomic E-state index is 0.264. The van der Waals surface area contributed by atoms with Crippen LogP contribution in [-0.4, -0.2) is 7.11 Å².